The highest BCUT2D eigenvalue weighted by Crippen LogP contribution is 2.30. The largest absolute Gasteiger partial charge is 0.384 e. The monoisotopic (exact) mass is 478 g/mol. The number of benzene rings is 3. The molecule has 0 aliphatic heterocycles. The first-order valence-corrected chi connectivity index (χ1v) is 11.8. The van der Waals surface area contributed by atoms with Gasteiger partial charge in [0.05, 0.1) is 10.6 Å². The second-order valence-corrected chi connectivity index (χ2v) is 9.47. The number of rotatable bonds is 6. The van der Waals surface area contributed by atoms with Crippen molar-refractivity contribution in [3.05, 3.63) is 89.9 Å². The SMILES string of the molecule is CS(=O)(=O)c1ccccc1-c1ccc(NC(=O)c2conc2-c2cccc(C(=N)N)c2)c(F)c1. The Balaban J connectivity index is 1.63. The quantitative estimate of drug-likeness (QED) is 0.282. The summed E-state index contributed by atoms with van der Waals surface area (Å²) in [6.45, 7) is 0. The lowest BCUT2D eigenvalue weighted by atomic mass is 10.0. The van der Waals surface area contributed by atoms with Crippen LogP contribution in [0.2, 0.25) is 0 Å². The molecule has 4 rings (SSSR count). The lowest BCUT2D eigenvalue weighted by Crippen LogP contribution is -2.14. The van der Waals surface area contributed by atoms with Crippen molar-refractivity contribution >= 4 is 27.3 Å². The van der Waals surface area contributed by atoms with Crippen LogP contribution in [0.25, 0.3) is 22.4 Å². The van der Waals surface area contributed by atoms with Gasteiger partial charge in [0.25, 0.3) is 5.91 Å². The number of amidine groups is 1. The fraction of sp³-hybridized carbons (Fsp3) is 0.0417. The highest BCUT2D eigenvalue weighted by Gasteiger charge is 2.20. The van der Waals surface area contributed by atoms with Gasteiger partial charge in [0.2, 0.25) is 0 Å². The number of carbonyl (C=O) groups is 1. The third-order valence-corrected chi connectivity index (χ3v) is 6.23. The standard InChI is InChI=1S/C24H19FN4O4S/c1-34(31,32)21-8-3-2-7-17(21)14-9-10-20(19(25)12-14)28-24(30)18-13-33-29-22(18)15-5-4-6-16(11-15)23(26)27/h2-13H,1H3,(H3,26,27)(H,28,30). The number of hydrogen-bond donors (Lipinski definition) is 3. The van der Waals surface area contributed by atoms with Crippen molar-refractivity contribution in [2.24, 2.45) is 5.73 Å². The Bertz CT molecular complexity index is 1530. The summed E-state index contributed by atoms with van der Waals surface area (Å²) in [5.74, 6) is -1.55. The van der Waals surface area contributed by atoms with E-state index >= 15 is 0 Å². The molecular weight excluding hydrogens is 459 g/mol. The van der Waals surface area contributed by atoms with Crippen LogP contribution < -0.4 is 11.1 Å². The smallest absolute Gasteiger partial charge is 0.261 e. The molecule has 34 heavy (non-hydrogen) atoms. The predicted octanol–water partition coefficient (Wildman–Crippen LogP) is 4.09. The summed E-state index contributed by atoms with van der Waals surface area (Å²) in [6, 6.07) is 16.9. The zero-order valence-electron chi connectivity index (χ0n) is 17.9. The summed E-state index contributed by atoms with van der Waals surface area (Å²) in [5, 5.41) is 13.9. The number of carbonyl (C=O) groups excluding carboxylic acids is 1. The third-order valence-electron chi connectivity index (χ3n) is 5.08. The molecule has 0 bridgehead atoms. The molecule has 0 fully saturated rings. The van der Waals surface area contributed by atoms with Crippen molar-refractivity contribution < 1.29 is 22.1 Å². The Hall–Kier alpha value is -4.31. The van der Waals surface area contributed by atoms with Gasteiger partial charge in [0, 0.05) is 22.9 Å². The number of hydrogen-bond acceptors (Lipinski definition) is 6. The van der Waals surface area contributed by atoms with Crippen molar-refractivity contribution in [1.29, 1.82) is 5.41 Å². The molecule has 0 aliphatic carbocycles. The van der Waals surface area contributed by atoms with E-state index in [4.69, 9.17) is 15.7 Å². The van der Waals surface area contributed by atoms with E-state index in [9.17, 15) is 17.6 Å². The van der Waals surface area contributed by atoms with Gasteiger partial charge >= 0.3 is 0 Å². The minimum absolute atomic E-state index is 0.0617. The lowest BCUT2D eigenvalue weighted by molar-refractivity contribution is 0.102. The van der Waals surface area contributed by atoms with Crippen molar-refractivity contribution in [3.8, 4) is 22.4 Å². The van der Waals surface area contributed by atoms with E-state index in [1.165, 1.54) is 18.2 Å². The van der Waals surface area contributed by atoms with Gasteiger partial charge in [-0.2, -0.15) is 0 Å². The van der Waals surface area contributed by atoms with E-state index in [0.717, 1.165) is 18.6 Å². The van der Waals surface area contributed by atoms with Gasteiger partial charge in [-0.05, 0) is 29.8 Å². The lowest BCUT2D eigenvalue weighted by Gasteiger charge is -2.11. The highest BCUT2D eigenvalue weighted by atomic mass is 32.2. The minimum atomic E-state index is -3.52. The molecule has 8 nitrogen and oxygen atoms in total. The summed E-state index contributed by atoms with van der Waals surface area (Å²) < 4.78 is 44.0. The number of anilines is 1. The van der Waals surface area contributed by atoms with Gasteiger partial charge in [-0.25, -0.2) is 12.8 Å². The molecule has 4 aromatic rings. The number of nitrogen functional groups attached to an aromatic ring is 1. The van der Waals surface area contributed by atoms with E-state index < -0.39 is 21.6 Å². The van der Waals surface area contributed by atoms with E-state index in [1.54, 1.807) is 42.5 Å². The third kappa shape index (κ3) is 4.57. The molecule has 0 unspecified atom stereocenters. The second kappa shape index (κ2) is 8.91. The predicted molar refractivity (Wildman–Crippen MR) is 126 cm³/mol. The molecule has 4 N–H and O–H groups in total. The van der Waals surface area contributed by atoms with Gasteiger partial charge < -0.3 is 15.6 Å². The van der Waals surface area contributed by atoms with E-state index in [1.807, 2.05) is 0 Å². The van der Waals surface area contributed by atoms with Gasteiger partial charge in [-0.15, -0.1) is 0 Å². The zero-order valence-corrected chi connectivity index (χ0v) is 18.7. The minimum Gasteiger partial charge on any atom is -0.384 e. The number of amides is 1. The summed E-state index contributed by atoms with van der Waals surface area (Å²) in [5.41, 5.74) is 7.35. The summed E-state index contributed by atoms with van der Waals surface area (Å²) >= 11 is 0. The zero-order chi connectivity index (χ0) is 24.5. The number of nitrogens with two attached hydrogens (primary N) is 1. The highest BCUT2D eigenvalue weighted by molar-refractivity contribution is 7.90. The van der Waals surface area contributed by atoms with E-state index in [0.29, 0.717) is 22.3 Å². The summed E-state index contributed by atoms with van der Waals surface area (Å²) in [7, 11) is -3.52. The van der Waals surface area contributed by atoms with Gasteiger partial charge in [0.1, 0.15) is 29.2 Å². The second-order valence-electron chi connectivity index (χ2n) is 7.49. The average molecular weight is 479 g/mol. The van der Waals surface area contributed by atoms with Crippen LogP contribution in [0.1, 0.15) is 15.9 Å². The Morgan fingerprint density at radius 2 is 1.82 bits per heavy atom. The van der Waals surface area contributed by atoms with Crippen molar-refractivity contribution in [3.63, 3.8) is 0 Å². The van der Waals surface area contributed by atoms with Crippen LogP contribution in [-0.2, 0) is 9.84 Å². The van der Waals surface area contributed by atoms with Crippen molar-refractivity contribution in [2.75, 3.05) is 11.6 Å². The van der Waals surface area contributed by atoms with Gasteiger partial charge in [0.15, 0.2) is 9.84 Å². The Morgan fingerprint density at radius 1 is 1.06 bits per heavy atom. The topological polar surface area (TPSA) is 139 Å². The van der Waals surface area contributed by atoms with Crippen LogP contribution in [0.3, 0.4) is 0 Å². The molecule has 0 atom stereocenters. The van der Waals surface area contributed by atoms with Crippen LogP contribution in [0.4, 0.5) is 10.1 Å². The molecule has 1 amide bonds. The molecular formula is C24H19FN4O4S. The molecule has 0 radical (unpaired) electrons. The average Bonchev–Trinajstić information content (AvgIpc) is 3.30. The number of halogens is 1. The van der Waals surface area contributed by atoms with E-state index in [-0.39, 0.29) is 27.7 Å². The van der Waals surface area contributed by atoms with Crippen LogP contribution >= 0.6 is 0 Å². The molecule has 1 heterocycles. The molecule has 10 heteroatoms. The molecule has 0 saturated heterocycles. The Kier molecular flexibility index (Phi) is 5.99. The van der Waals surface area contributed by atoms with Crippen LogP contribution in [-0.4, -0.2) is 31.6 Å². The van der Waals surface area contributed by atoms with Gasteiger partial charge in [-0.1, -0.05) is 47.6 Å². The fourth-order valence-corrected chi connectivity index (χ4v) is 4.35. The van der Waals surface area contributed by atoms with Crippen molar-refractivity contribution in [2.45, 2.75) is 4.90 Å². The van der Waals surface area contributed by atoms with Crippen LogP contribution in [0, 0.1) is 11.2 Å². The number of sulfone groups is 1. The van der Waals surface area contributed by atoms with Crippen LogP contribution in [0.5, 0.6) is 0 Å². The summed E-state index contributed by atoms with van der Waals surface area (Å²) in [4.78, 5) is 12.9. The normalized spacial score (nSPS) is 11.2. The summed E-state index contributed by atoms with van der Waals surface area (Å²) in [6.07, 6.45) is 2.22. The van der Waals surface area contributed by atoms with Crippen molar-refractivity contribution in [1.82, 2.24) is 5.16 Å². The maximum atomic E-state index is 14.9. The molecule has 0 spiro atoms. The number of nitrogens with one attached hydrogen (secondary N) is 2. The molecule has 0 saturated carbocycles. The molecule has 172 valence electrons. The first kappa shape index (κ1) is 22.9. The molecule has 0 aliphatic rings. The molecule has 3 aromatic carbocycles. The number of aromatic nitrogens is 1. The van der Waals surface area contributed by atoms with Crippen LogP contribution in [0.15, 0.2) is 82.4 Å². The first-order valence-electron chi connectivity index (χ1n) is 9.94. The fourth-order valence-electron chi connectivity index (χ4n) is 3.44. The van der Waals surface area contributed by atoms with E-state index in [2.05, 4.69) is 10.5 Å². The number of nitrogens with zero attached hydrogens (tertiary/aromatic N) is 1. The first-order chi connectivity index (χ1) is 16.1. The Labute approximate surface area is 194 Å². The Morgan fingerprint density at radius 3 is 2.53 bits per heavy atom. The maximum absolute atomic E-state index is 14.9. The maximum Gasteiger partial charge on any atom is 0.261 e. The van der Waals surface area contributed by atoms with Gasteiger partial charge in [-0.3, -0.25) is 10.2 Å². The molecule has 1 aromatic heterocycles.